The molecule has 2 aromatic carbocycles. The Kier molecular flexibility index (Phi) is 7.40. The Labute approximate surface area is 172 Å². The number of anilines is 1. The van der Waals surface area contributed by atoms with E-state index in [0.717, 1.165) is 18.2 Å². The van der Waals surface area contributed by atoms with Crippen LogP contribution in [0, 0.1) is 15.9 Å². The van der Waals surface area contributed by atoms with E-state index in [-0.39, 0.29) is 18.1 Å². The Morgan fingerprint density at radius 2 is 1.68 bits per heavy atom. The molecule has 0 atom stereocenters. The standard InChI is InChI=1S/C19H14F4N2O6/c20-12-3-1-11(2-4-12)16(26)7-8-18(28)31-10-17(27)24-15-6-5-13(25(29)30)9-14(15)19(21,22)23/h1-6,9H,7-8,10H2,(H,24,27). The van der Waals surface area contributed by atoms with Crippen LogP contribution in [-0.4, -0.2) is 29.2 Å². The summed E-state index contributed by atoms with van der Waals surface area (Å²) < 4.78 is 56.7. The number of ether oxygens (including phenoxy) is 1. The Morgan fingerprint density at radius 3 is 2.26 bits per heavy atom. The molecule has 0 aliphatic heterocycles. The van der Waals surface area contributed by atoms with Crippen molar-refractivity contribution in [3.8, 4) is 0 Å². The Morgan fingerprint density at radius 1 is 1.03 bits per heavy atom. The zero-order chi connectivity index (χ0) is 23.2. The van der Waals surface area contributed by atoms with Crippen molar-refractivity contribution < 1.29 is 41.6 Å². The van der Waals surface area contributed by atoms with Gasteiger partial charge >= 0.3 is 12.1 Å². The van der Waals surface area contributed by atoms with Crippen molar-refractivity contribution in [2.45, 2.75) is 19.0 Å². The van der Waals surface area contributed by atoms with Gasteiger partial charge in [0.15, 0.2) is 12.4 Å². The van der Waals surface area contributed by atoms with Crippen LogP contribution >= 0.6 is 0 Å². The molecule has 0 spiro atoms. The van der Waals surface area contributed by atoms with Crippen LogP contribution in [0.2, 0.25) is 0 Å². The first-order valence-corrected chi connectivity index (χ1v) is 8.57. The zero-order valence-electron chi connectivity index (χ0n) is 15.6. The molecule has 0 fully saturated rings. The lowest BCUT2D eigenvalue weighted by Crippen LogP contribution is -2.23. The van der Waals surface area contributed by atoms with Gasteiger partial charge in [-0.05, 0) is 30.3 Å². The molecule has 0 aliphatic rings. The van der Waals surface area contributed by atoms with E-state index in [9.17, 15) is 42.1 Å². The molecule has 0 saturated carbocycles. The number of benzene rings is 2. The predicted octanol–water partition coefficient (Wildman–Crippen LogP) is 3.90. The number of nitro benzene ring substituents is 1. The van der Waals surface area contributed by atoms with E-state index in [1.807, 2.05) is 5.32 Å². The van der Waals surface area contributed by atoms with Gasteiger partial charge in [-0.3, -0.25) is 24.5 Å². The van der Waals surface area contributed by atoms with Crippen molar-refractivity contribution >= 4 is 29.0 Å². The second-order valence-corrected chi connectivity index (χ2v) is 6.12. The maximum atomic E-state index is 13.1. The molecular weight excluding hydrogens is 428 g/mol. The molecule has 31 heavy (non-hydrogen) atoms. The van der Waals surface area contributed by atoms with Gasteiger partial charge in [0.05, 0.1) is 22.6 Å². The van der Waals surface area contributed by atoms with Crippen molar-refractivity contribution in [2.75, 3.05) is 11.9 Å². The second-order valence-electron chi connectivity index (χ2n) is 6.12. The Bertz CT molecular complexity index is 1010. The van der Waals surface area contributed by atoms with Crippen molar-refractivity contribution in [3.63, 3.8) is 0 Å². The van der Waals surface area contributed by atoms with E-state index in [4.69, 9.17) is 0 Å². The van der Waals surface area contributed by atoms with Crippen LogP contribution in [-0.2, 0) is 20.5 Å². The van der Waals surface area contributed by atoms with Crippen molar-refractivity contribution in [2.24, 2.45) is 0 Å². The molecule has 1 N–H and O–H groups in total. The summed E-state index contributed by atoms with van der Waals surface area (Å²) in [6.07, 6.45) is -5.67. The first kappa shape index (κ1) is 23.4. The van der Waals surface area contributed by atoms with Crippen molar-refractivity contribution in [1.29, 1.82) is 0 Å². The SMILES string of the molecule is O=C(COC(=O)CCC(=O)c1ccc(F)cc1)Nc1ccc([N+](=O)[O-])cc1C(F)(F)F. The molecule has 164 valence electrons. The van der Waals surface area contributed by atoms with Crippen LogP contribution in [0.5, 0.6) is 0 Å². The maximum Gasteiger partial charge on any atom is 0.418 e. The molecular formula is C19H14F4N2O6. The van der Waals surface area contributed by atoms with E-state index < -0.39 is 64.5 Å². The molecule has 0 aliphatic carbocycles. The topological polar surface area (TPSA) is 116 Å². The molecule has 0 unspecified atom stereocenters. The van der Waals surface area contributed by atoms with Gasteiger partial charge in [-0.25, -0.2) is 4.39 Å². The van der Waals surface area contributed by atoms with Gasteiger partial charge in [0.25, 0.3) is 11.6 Å². The first-order chi connectivity index (χ1) is 14.5. The number of hydrogen-bond acceptors (Lipinski definition) is 6. The molecule has 0 aromatic heterocycles. The largest absolute Gasteiger partial charge is 0.456 e. The average Bonchev–Trinajstić information content (AvgIpc) is 2.70. The molecule has 2 aromatic rings. The number of ketones is 1. The van der Waals surface area contributed by atoms with Crippen LogP contribution < -0.4 is 5.32 Å². The molecule has 0 heterocycles. The van der Waals surface area contributed by atoms with Gasteiger partial charge in [-0.1, -0.05) is 0 Å². The third kappa shape index (κ3) is 6.87. The molecule has 0 radical (unpaired) electrons. The van der Waals surface area contributed by atoms with Crippen molar-refractivity contribution in [1.82, 2.24) is 0 Å². The highest BCUT2D eigenvalue weighted by atomic mass is 19.4. The van der Waals surface area contributed by atoms with E-state index in [0.29, 0.717) is 6.07 Å². The number of nitro groups is 1. The number of non-ortho nitro benzene ring substituents is 1. The first-order valence-electron chi connectivity index (χ1n) is 8.57. The molecule has 0 bridgehead atoms. The highest BCUT2D eigenvalue weighted by Gasteiger charge is 2.35. The number of alkyl halides is 3. The van der Waals surface area contributed by atoms with E-state index in [2.05, 4.69) is 4.74 Å². The van der Waals surface area contributed by atoms with Gasteiger partial charge in [-0.2, -0.15) is 13.2 Å². The number of nitrogens with zero attached hydrogens (tertiary/aromatic N) is 1. The number of carbonyl (C=O) groups excluding carboxylic acids is 3. The summed E-state index contributed by atoms with van der Waals surface area (Å²) >= 11 is 0. The highest BCUT2D eigenvalue weighted by molar-refractivity contribution is 5.98. The van der Waals surface area contributed by atoms with Gasteiger partial charge in [-0.15, -0.1) is 0 Å². The van der Waals surface area contributed by atoms with Crippen LogP contribution in [0.15, 0.2) is 42.5 Å². The number of carbonyl (C=O) groups is 3. The number of amides is 1. The molecule has 0 saturated heterocycles. The minimum atomic E-state index is -4.98. The average molecular weight is 442 g/mol. The summed E-state index contributed by atoms with van der Waals surface area (Å²) in [6.45, 7) is -0.933. The summed E-state index contributed by atoms with van der Waals surface area (Å²) in [5, 5.41) is 12.5. The van der Waals surface area contributed by atoms with Gasteiger partial charge < -0.3 is 10.1 Å². The number of hydrogen-bond donors (Lipinski definition) is 1. The number of rotatable bonds is 8. The maximum absolute atomic E-state index is 13.1. The summed E-state index contributed by atoms with van der Waals surface area (Å²) in [5.74, 6) is -3.08. The van der Waals surface area contributed by atoms with Gasteiger partial charge in [0.1, 0.15) is 5.82 Å². The molecule has 12 heteroatoms. The third-order valence-corrected chi connectivity index (χ3v) is 3.88. The van der Waals surface area contributed by atoms with Gasteiger partial charge in [0.2, 0.25) is 0 Å². The quantitative estimate of drug-likeness (QED) is 0.218. The van der Waals surface area contributed by atoms with E-state index >= 15 is 0 Å². The lowest BCUT2D eigenvalue weighted by atomic mass is 10.1. The minimum Gasteiger partial charge on any atom is -0.456 e. The summed E-state index contributed by atoms with van der Waals surface area (Å²) in [4.78, 5) is 45.0. The lowest BCUT2D eigenvalue weighted by molar-refractivity contribution is -0.385. The lowest BCUT2D eigenvalue weighted by Gasteiger charge is -2.13. The molecule has 8 nitrogen and oxygen atoms in total. The van der Waals surface area contributed by atoms with Crippen LogP contribution in [0.1, 0.15) is 28.8 Å². The minimum absolute atomic E-state index is 0.171. The fraction of sp³-hybridized carbons (Fsp3) is 0.211. The number of esters is 1. The van der Waals surface area contributed by atoms with E-state index in [1.165, 1.54) is 12.1 Å². The normalized spacial score (nSPS) is 11.0. The highest BCUT2D eigenvalue weighted by Crippen LogP contribution is 2.37. The van der Waals surface area contributed by atoms with Crippen LogP contribution in [0.25, 0.3) is 0 Å². The predicted molar refractivity (Wildman–Crippen MR) is 97.7 cm³/mol. The Hall–Kier alpha value is -3.83. The molecule has 1 amide bonds. The summed E-state index contributed by atoms with van der Waals surface area (Å²) in [5.41, 5.74) is -2.83. The monoisotopic (exact) mass is 442 g/mol. The number of halogens is 4. The van der Waals surface area contributed by atoms with Crippen molar-refractivity contribution in [3.05, 3.63) is 69.5 Å². The fourth-order valence-electron chi connectivity index (χ4n) is 2.39. The number of nitrogens with one attached hydrogen (secondary N) is 1. The second kappa shape index (κ2) is 9.78. The molecule has 2 rings (SSSR count). The van der Waals surface area contributed by atoms with Crippen LogP contribution in [0.3, 0.4) is 0 Å². The van der Waals surface area contributed by atoms with Crippen LogP contribution in [0.4, 0.5) is 28.9 Å². The third-order valence-electron chi connectivity index (χ3n) is 3.88. The smallest absolute Gasteiger partial charge is 0.418 e. The zero-order valence-corrected chi connectivity index (χ0v) is 15.6. The fourth-order valence-corrected chi connectivity index (χ4v) is 2.39. The summed E-state index contributed by atoms with van der Waals surface area (Å²) in [6, 6.07) is 6.37. The Balaban J connectivity index is 1.90. The van der Waals surface area contributed by atoms with Gasteiger partial charge in [0, 0.05) is 24.1 Å². The summed E-state index contributed by atoms with van der Waals surface area (Å²) in [7, 11) is 0. The number of Topliss-reactive ketones (excluding diaryl/α,β-unsaturated/α-hetero) is 1. The van der Waals surface area contributed by atoms with E-state index in [1.54, 1.807) is 0 Å².